The number of carbonyl (C=O) groups is 2. The normalized spacial score (nSPS) is 25.4. The molecule has 0 aromatic rings. The Labute approximate surface area is 120 Å². The van der Waals surface area contributed by atoms with E-state index in [0.29, 0.717) is 19.4 Å². The average Bonchev–Trinajstić information content (AvgIpc) is 2.37. The topological polar surface area (TPSA) is 87.7 Å². The zero-order valence-electron chi connectivity index (χ0n) is 12.7. The molecule has 1 rings (SSSR count). The number of carboxylic acids is 1. The molecular formula is C14H26N2O4. The van der Waals surface area contributed by atoms with E-state index in [-0.39, 0.29) is 17.6 Å². The fourth-order valence-electron chi connectivity index (χ4n) is 2.52. The first-order chi connectivity index (χ1) is 9.32. The van der Waals surface area contributed by atoms with Crippen LogP contribution in [0.3, 0.4) is 0 Å². The molecule has 1 aliphatic carbocycles. The van der Waals surface area contributed by atoms with Crippen molar-refractivity contribution in [3.8, 4) is 0 Å². The Kier molecular flexibility index (Phi) is 5.80. The lowest BCUT2D eigenvalue weighted by atomic mass is 9.64. The summed E-state index contributed by atoms with van der Waals surface area (Å²) in [5.74, 6) is -0.998. The quantitative estimate of drug-likeness (QED) is 0.665. The fourth-order valence-corrected chi connectivity index (χ4v) is 2.52. The number of amides is 2. The molecular weight excluding hydrogens is 260 g/mol. The van der Waals surface area contributed by atoms with Gasteiger partial charge in [0.15, 0.2) is 0 Å². The van der Waals surface area contributed by atoms with Crippen LogP contribution in [0.4, 0.5) is 4.79 Å². The highest BCUT2D eigenvalue weighted by Gasteiger charge is 2.49. The van der Waals surface area contributed by atoms with Crippen molar-refractivity contribution in [2.75, 3.05) is 6.61 Å². The van der Waals surface area contributed by atoms with Gasteiger partial charge in [0.25, 0.3) is 0 Å². The summed E-state index contributed by atoms with van der Waals surface area (Å²) in [5, 5.41) is 14.4. The van der Waals surface area contributed by atoms with Crippen LogP contribution in [0, 0.1) is 5.41 Å². The largest absolute Gasteiger partial charge is 0.480 e. The summed E-state index contributed by atoms with van der Waals surface area (Å²) < 4.78 is 5.60. The van der Waals surface area contributed by atoms with E-state index in [2.05, 4.69) is 10.6 Å². The third kappa shape index (κ3) is 3.85. The molecule has 0 aliphatic heterocycles. The van der Waals surface area contributed by atoms with Gasteiger partial charge in [0.2, 0.25) is 0 Å². The highest BCUT2D eigenvalue weighted by atomic mass is 16.5. The molecule has 0 spiro atoms. The molecule has 2 amide bonds. The van der Waals surface area contributed by atoms with E-state index in [4.69, 9.17) is 9.84 Å². The number of hydrogen-bond acceptors (Lipinski definition) is 3. The Morgan fingerprint density at radius 2 is 2.05 bits per heavy atom. The third-order valence-electron chi connectivity index (χ3n) is 4.03. The van der Waals surface area contributed by atoms with Crippen molar-refractivity contribution in [3.05, 3.63) is 0 Å². The monoisotopic (exact) mass is 286 g/mol. The minimum absolute atomic E-state index is 0.00937. The third-order valence-corrected chi connectivity index (χ3v) is 4.03. The second kappa shape index (κ2) is 6.92. The number of aliphatic carboxylic acids is 1. The van der Waals surface area contributed by atoms with Gasteiger partial charge in [0, 0.05) is 18.1 Å². The molecule has 3 N–H and O–H groups in total. The van der Waals surface area contributed by atoms with E-state index in [9.17, 15) is 9.59 Å². The first kappa shape index (κ1) is 16.8. The number of urea groups is 1. The van der Waals surface area contributed by atoms with Crippen LogP contribution < -0.4 is 10.6 Å². The molecule has 6 nitrogen and oxygen atoms in total. The molecule has 116 valence electrons. The number of rotatable bonds is 7. The molecule has 1 fully saturated rings. The first-order valence-corrected chi connectivity index (χ1v) is 7.24. The molecule has 0 saturated heterocycles. The Hall–Kier alpha value is -1.30. The number of ether oxygens (including phenoxy) is 1. The van der Waals surface area contributed by atoms with Crippen LogP contribution in [-0.2, 0) is 9.53 Å². The number of carbonyl (C=O) groups excluding carboxylic acids is 1. The lowest BCUT2D eigenvalue weighted by molar-refractivity contribution is -0.139. The predicted octanol–water partition coefficient (Wildman–Crippen LogP) is 1.74. The smallest absolute Gasteiger partial charge is 0.326 e. The maximum absolute atomic E-state index is 11.9. The Morgan fingerprint density at radius 1 is 1.40 bits per heavy atom. The standard InChI is InChI=1S/C14H26N2O4/c1-5-7-9(12(17)18)15-13(19)16-10-8-11(20-6-2)14(10,3)4/h9-11H,5-8H2,1-4H3,(H,17,18)(H2,15,16,19). The summed E-state index contributed by atoms with van der Waals surface area (Å²) in [6.07, 6.45) is 2.04. The van der Waals surface area contributed by atoms with Crippen LogP contribution in [0.2, 0.25) is 0 Å². The van der Waals surface area contributed by atoms with Crippen LogP contribution in [0.25, 0.3) is 0 Å². The van der Waals surface area contributed by atoms with Gasteiger partial charge in [-0.1, -0.05) is 27.2 Å². The van der Waals surface area contributed by atoms with Crippen LogP contribution in [0.15, 0.2) is 0 Å². The molecule has 0 aromatic carbocycles. The molecule has 0 heterocycles. The van der Waals surface area contributed by atoms with E-state index < -0.39 is 18.0 Å². The number of carboxylic acid groups (broad SMARTS) is 1. The molecule has 6 heteroatoms. The second-order valence-electron chi connectivity index (χ2n) is 5.85. The average molecular weight is 286 g/mol. The molecule has 20 heavy (non-hydrogen) atoms. The summed E-state index contributed by atoms with van der Waals surface area (Å²) in [7, 11) is 0. The Morgan fingerprint density at radius 3 is 2.50 bits per heavy atom. The van der Waals surface area contributed by atoms with Crippen molar-refractivity contribution in [2.24, 2.45) is 5.41 Å². The van der Waals surface area contributed by atoms with Crippen LogP contribution in [-0.4, -0.2) is 41.9 Å². The van der Waals surface area contributed by atoms with E-state index in [0.717, 1.165) is 6.42 Å². The van der Waals surface area contributed by atoms with Crippen molar-refractivity contribution in [1.29, 1.82) is 0 Å². The van der Waals surface area contributed by atoms with Crippen LogP contribution in [0.5, 0.6) is 0 Å². The summed E-state index contributed by atoms with van der Waals surface area (Å²) in [6.45, 7) is 8.58. The Balaban J connectivity index is 2.45. The van der Waals surface area contributed by atoms with Gasteiger partial charge in [-0.2, -0.15) is 0 Å². The minimum Gasteiger partial charge on any atom is -0.480 e. The zero-order valence-corrected chi connectivity index (χ0v) is 12.7. The van der Waals surface area contributed by atoms with Crippen molar-refractivity contribution in [2.45, 2.75) is 65.1 Å². The summed E-state index contributed by atoms with van der Waals surface area (Å²) in [5.41, 5.74) is -0.128. The molecule has 0 bridgehead atoms. The summed E-state index contributed by atoms with van der Waals surface area (Å²) in [6, 6.07) is -1.24. The maximum Gasteiger partial charge on any atom is 0.326 e. The van der Waals surface area contributed by atoms with Gasteiger partial charge in [-0.05, 0) is 19.8 Å². The molecule has 3 atom stereocenters. The van der Waals surface area contributed by atoms with Gasteiger partial charge in [0.05, 0.1) is 6.10 Å². The highest BCUT2D eigenvalue weighted by Crippen LogP contribution is 2.42. The number of hydrogen-bond donors (Lipinski definition) is 3. The maximum atomic E-state index is 11.9. The summed E-state index contributed by atoms with van der Waals surface area (Å²) in [4.78, 5) is 22.9. The van der Waals surface area contributed by atoms with Crippen molar-refractivity contribution >= 4 is 12.0 Å². The molecule has 1 saturated carbocycles. The minimum atomic E-state index is -0.998. The van der Waals surface area contributed by atoms with Crippen LogP contribution >= 0.6 is 0 Å². The second-order valence-corrected chi connectivity index (χ2v) is 5.85. The van der Waals surface area contributed by atoms with Gasteiger partial charge in [-0.3, -0.25) is 0 Å². The van der Waals surface area contributed by atoms with E-state index in [1.807, 2.05) is 27.7 Å². The first-order valence-electron chi connectivity index (χ1n) is 7.24. The van der Waals surface area contributed by atoms with Gasteiger partial charge in [-0.25, -0.2) is 9.59 Å². The lowest BCUT2D eigenvalue weighted by Gasteiger charge is -2.51. The van der Waals surface area contributed by atoms with Crippen molar-refractivity contribution < 1.29 is 19.4 Å². The van der Waals surface area contributed by atoms with Crippen molar-refractivity contribution in [1.82, 2.24) is 10.6 Å². The van der Waals surface area contributed by atoms with Gasteiger partial charge < -0.3 is 20.5 Å². The van der Waals surface area contributed by atoms with Gasteiger partial charge >= 0.3 is 12.0 Å². The SMILES string of the molecule is CCCC(NC(=O)NC1CC(OCC)C1(C)C)C(=O)O. The molecule has 3 unspecified atom stereocenters. The van der Waals surface area contributed by atoms with E-state index in [1.165, 1.54) is 0 Å². The highest BCUT2D eigenvalue weighted by molar-refractivity contribution is 5.82. The zero-order chi connectivity index (χ0) is 15.3. The fraction of sp³-hybridized carbons (Fsp3) is 0.857. The molecule has 1 aliphatic rings. The van der Waals surface area contributed by atoms with E-state index in [1.54, 1.807) is 0 Å². The molecule has 0 radical (unpaired) electrons. The lowest BCUT2D eigenvalue weighted by Crippen LogP contribution is -2.64. The van der Waals surface area contributed by atoms with Crippen LogP contribution in [0.1, 0.15) is 47.0 Å². The van der Waals surface area contributed by atoms with E-state index >= 15 is 0 Å². The van der Waals surface area contributed by atoms with Gasteiger partial charge in [-0.15, -0.1) is 0 Å². The predicted molar refractivity (Wildman–Crippen MR) is 75.6 cm³/mol. The Bertz CT molecular complexity index is 357. The summed E-state index contributed by atoms with van der Waals surface area (Å²) >= 11 is 0. The van der Waals surface area contributed by atoms with Gasteiger partial charge in [0.1, 0.15) is 6.04 Å². The van der Waals surface area contributed by atoms with Crippen molar-refractivity contribution in [3.63, 3.8) is 0 Å². The molecule has 0 aromatic heterocycles. The number of nitrogens with one attached hydrogen (secondary N) is 2.